The van der Waals surface area contributed by atoms with Gasteiger partial charge in [-0.3, -0.25) is 0 Å². The molecule has 0 spiro atoms. The van der Waals surface area contributed by atoms with Crippen LogP contribution in [0.25, 0.3) is 0 Å². The van der Waals surface area contributed by atoms with Gasteiger partial charge in [-0.05, 0) is 55.7 Å². The van der Waals surface area contributed by atoms with E-state index in [0.717, 1.165) is 41.3 Å². The Morgan fingerprint density at radius 1 is 0.950 bits per heavy atom. The van der Waals surface area contributed by atoms with Gasteiger partial charge in [0.05, 0.1) is 18.0 Å². The minimum absolute atomic E-state index is 0.740. The number of aryl methyl sites for hydroxylation is 2. The second-order valence-electron chi connectivity index (χ2n) is 4.79. The lowest BCUT2D eigenvalue weighted by Gasteiger charge is -2.09. The van der Waals surface area contributed by atoms with Gasteiger partial charge in [0, 0.05) is 0 Å². The second-order valence-corrected chi connectivity index (χ2v) is 4.79. The molecule has 0 N–H and O–H groups in total. The van der Waals surface area contributed by atoms with Gasteiger partial charge in [-0.2, -0.15) is 10.2 Å². The molecule has 0 aliphatic heterocycles. The third-order valence-corrected chi connectivity index (χ3v) is 2.96. The SMILES string of the molecule is CCCOc1cc(C)c(/N=N/c2ccccc2)c(C)c1. The summed E-state index contributed by atoms with van der Waals surface area (Å²) in [5, 5.41) is 8.64. The number of azo groups is 1. The van der Waals surface area contributed by atoms with Crippen molar-refractivity contribution >= 4 is 11.4 Å². The Labute approximate surface area is 120 Å². The molecule has 2 aromatic carbocycles. The predicted molar refractivity (Wildman–Crippen MR) is 82.3 cm³/mol. The Bertz CT molecular complexity index is 568. The van der Waals surface area contributed by atoms with Gasteiger partial charge in [0.2, 0.25) is 0 Å². The summed E-state index contributed by atoms with van der Waals surface area (Å²) in [4.78, 5) is 0. The lowest BCUT2D eigenvalue weighted by Crippen LogP contribution is -1.96. The van der Waals surface area contributed by atoms with Crippen molar-refractivity contribution in [3.05, 3.63) is 53.6 Å². The summed E-state index contributed by atoms with van der Waals surface area (Å²) in [5.41, 5.74) is 3.93. The number of ether oxygens (including phenoxy) is 1. The molecule has 20 heavy (non-hydrogen) atoms. The maximum absolute atomic E-state index is 5.66. The molecule has 0 saturated carbocycles. The standard InChI is InChI=1S/C17H20N2O/c1-4-10-20-16-11-13(2)17(14(3)12-16)19-18-15-8-6-5-7-9-15/h5-9,11-12H,4,10H2,1-3H3/b19-18+. The second kappa shape index (κ2) is 6.85. The third-order valence-electron chi connectivity index (χ3n) is 2.96. The molecule has 0 saturated heterocycles. The van der Waals surface area contributed by atoms with E-state index in [4.69, 9.17) is 4.74 Å². The highest BCUT2D eigenvalue weighted by Gasteiger charge is 2.05. The van der Waals surface area contributed by atoms with Crippen molar-refractivity contribution in [1.82, 2.24) is 0 Å². The predicted octanol–water partition coefficient (Wildman–Crippen LogP) is 5.51. The van der Waals surface area contributed by atoms with E-state index in [1.807, 2.05) is 56.3 Å². The first-order chi connectivity index (χ1) is 9.70. The van der Waals surface area contributed by atoms with E-state index in [9.17, 15) is 0 Å². The van der Waals surface area contributed by atoms with Crippen LogP contribution in [-0.4, -0.2) is 6.61 Å². The largest absolute Gasteiger partial charge is 0.494 e. The van der Waals surface area contributed by atoms with Crippen LogP contribution in [0, 0.1) is 13.8 Å². The summed E-state index contributed by atoms with van der Waals surface area (Å²) in [7, 11) is 0. The van der Waals surface area contributed by atoms with Crippen LogP contribution in [0.5, 0.6) is 5.75 Å². The highest BCUT2D eigenvalue weighted by Crippen LogP contribution is 2.30. The number of hydrogen-bond donors (Lipinski definition) is 0. The minimum atomic E-state index is 0.740. The Morgan fingerprint density at radius 3 is 2.20 bits per heavy atom. The molecule has 104 valence electrons. The molecular formula is C17H20N2O. The van der Waals surface area contributed by atoms with Crippen molar-refractivity contribution in [3.8, 4) is 5.75 Å². The summed E-state index contributed by atoms with van der Waals surface area (Å²) in [6.45, 7) is 6.90. The molecule has 3 heteroatoms. The number of benzene rings is 2. The van der Waals surface area contributed by atoms with Crippen LogP contribution in [0.4, 0.5) is 11.4 Å². The molecule has 0 aliphatic rings. The first kappa shape index (κ1) is 14.3. The van der Waals surface area contributed by atoms with Gasteiger partial charge in [-0.25, -0.2) is 0 Å². The maximum atomic E-state index is 5.66. The summed E-state index contributed by atoms with van der Waals surface area (Å²) >= 11 is 0. The Morgan fingerprint density at radius 2 is 1.60 bits per heavy atom. The van der Waals surface area contributed by atoms with Gasteiger partial charge in [0.25, 0.3) is 0 Å². The normalized spacial score (nSPS) is 10.9. The zero-order valence-electron chi connectivity index (χ0n) is 12.3. The molecule has 0 radical (unpaired) electrons. The van der Waals surface area contributed by atoms with Crippen LogP contribution >= 0.6 is 0 Å². The van der Waals surface area contributed by atoms with Crippen molar-refractivity contribution in [2.24, 2.45) is 10.2 Å². The van der Waals surface area contributed by atoms with Crippen LogP contribution in [-0.2, 0) is 0 Å². The molecule has 0 atom stereocenters. The molecule has 2 rings (SSSR count). The van der Waals surface area contributed by atoms with Gasteiger partial charge in [0.15, 0.2) is 0 Å². The van der Waals surface area contributed by atoms with E-state index in [-0.39, 0.29) is 0 Å². The molecule has 0 unspecified atom stereocenters. The molecule has 0 amide bonds. The van der Waals surface area contributed by atoms with Crippen molar-refractivity contribution < 1.29 is 4.74 Å². The highest BCUT2D eigenvalue weighted by molar-refractivity contribution is 5.55. The molecule has 0 aliphatic carbocycles. The fraction of sp³-hybridized carbons (Fsp3) is 0.294. The van der Waals surface area contributed by atoms with Crippen molar-refractivity contribution in [3.63, 3.8) is 0 Å². The Kier molecular flexibility index (Phi) is 4.88. The van der Waals surface area contributed by atoms with Gasteiger partial charge >= 0.3 is 0 Å². The van der Waals surface area contributed by atoms with Gasteiger partial charge in [0.1, 0.15) is 5.75 Å². The van der Waals surface area contributed by atoms with Crippen molar-refractivity contribution in [2.45, 2.75) is 27.2 Å². The first-order valence-corrected chi connectivity index (χ1v) is 6.91. The lowest BCUT2D eigenvalue weighted by atomic mass is 10.1. The van der Waals surface area contributed by atoms with E-state index in [2.05, 4.69) is 17.2 Å². The van der Waals surface area contributed by atoms with Crippen molar-refractivity contribution in [1.29, 1.82) is 0 Å². The minimum Gasteiger partial charge on any atom is -0.494 e. The highest BCUT2D eigenvalue weighted by atomic mass is 16.5. The Hall–Kier alpha value is -2.16. The third kappa shape index (κ3) is 3.67. The van der Waals surface area contributed by atoms with Gasteiger partial charge in [-0.1, -0.05) is 25.1 Å². The fourth-order valence-corrected chi connectivity index (χ4v) is 1.98. The monoisotopic (exact) mass is 268 g/mol. The van der Waals surface area contributed by atoms with Gasteiger partial charge < -0.3 is 4.74 Å². The number of hydrogen-bond acceptors (Lipinski definition) is 3. The summed E-state index contributed by atoms with van der Waals surface area (Å²) < 4.78 is 5.66. The molecule has 0 aromatic heterocycles. The fourth-order valence-electron chi connectivity index (χ4n) is 1.98. The average Bonchev–Trinajstić information content (AvgIpc) is 2.45. The molecule has 0 heterocycles. The van der Waals surface area contributed by atoms with Crippen LogP contribution in [0.2, 0.25) is 0 Å². The zero-order chi connectivity index (χ0) is 14.4. The average molecular weight is 268 g/mol. The topological polar surface area (TPSA) is 34.0 Å². The van der Waals surface area contributed by atoms with E-state index < -0.39 is 0 Å². The number of nitrogens with zero attached hydrogens (tertiary/aromatic N) is 2. The molecular weight excluding hydrogens is 248 g/mol. The molecule has 0 fully saturated rings. The Balaban J connectivity index is 2.22. The zero-order valence-corrected chi connectivity index (χ0v) is 12.3. The maximum Gasteiger partial charge on any atom is 0.119 e. The van der Waals surface area contributed by atoms with E-state index in [1.54, 1.807) is 0 Å². The number of rotatable bonds is 5. The van der Waals surface area contributed by atoms with Crippen LogP contribution in [0.1, 0.15) is 24.5 Å². The summed E-state index contributed by atoms with van der Waals surface area (Å²) in [5.74, 6) is 0.903. The van der Waals surface area contributed by atoms with Gasteiger partial charge in [-0.15, -0.1) is 0 Å². The summed E-state index contributed by atoms with van der Waals surface area (Å²) in [6, 6.07) is 13.8. The van der Waals surface area contributed by atoms with E-state index in [0.29, 0.717) is 0 Å². The van der Waals surface area contributed by atoms with Crippen LogP contribution in [0.15, 0.2) is 52.7 Å². The first-order valence-electron chi connectivity index (χ1n) is 6.91. The van der Waals surface area contributed by atoms with E-state index >= 15 is 0 Å². The molecule has 0 bridgehead atoms. The van der Waals surface area contributed by atoms with Crippen LogP contribution in [0.3, 0.4) is 0 Å². The lowest BCUT2D eigenvalue weighted by molar-refractivity contribution is 0.317. The quantitative estimate of drug-likeness (QED) is 0.658. The summed E-state index contributed by atoms with van der Waals surface area (Å²) in [6.07, 6.45) is 1.01. The molecule has 2 aromatic rings. The smallest absolute Gasteiger partial charge is 0.119 e. The van der Waals surface area contributed by atoms with Crippen LogP contribution < -0.4 is 4.74 Å². The van der Waals surface area contributed by atoms with E-state index in [1.165, 1.54) is 0 Å². The molecule has 3 nitrogen and oxygen atoms in total. The van der Waals surface area contributed by atoms with Crippen molar-refractivity contribution in [2.75, 3.05) is 6.61 Å².